The van der Waals surface area contributed by atoms with Gasteiger partial charge in [0.25, 0.3) is 5.56 Å². The van der Waals surface area contributed by atoms with E-state index in [0.29, 0.717) is 29.0 Å². The maximum absolute atomic E-state index is 12.9. The van der Waals surface area contributed by atoms with E-state index in [9.17, 15) is 23.2 Å². The van der Waals surface area contributed by atoms with Gasteiger partial charge in [0.1, 0.15) is 29.7 Å². The van der Waals surface area contributed by atoms with Gasteiger partial charge in [0.05, 0.1) is 19.8 Å². The van der Waals surface area contributed by atoms with E-state index in [1.165, 1.54) is 28.8 Å². The number of halogens is 3. The second-order valence-corrected chi connectivity index (χ2v) is 8.17. The normalized spacial score (nSPS) is 14.3. The molecule has 10 heteroatoms. The summed E-state index contributed by atoms with van der Waals surface area (Å²) < 4.78 is 53.4. The zero-order valence-corrected chi connectivity index (χ0v) is 19.3. The number of pyridine rings is 1. The minimum Gasteiger partial charge on any atom is -0.492 e. The molecule has 0 amide bonds. The summed E-state index contributed by atoms with van der Waals surface area (Å²) in [6.07, 6.45) is -3.21. The average Bonchev–Trinajstić information content (AvgIpc) is 2.86. The second kappa shape index (κ2) is 11.3. The van der Waals surface area contributed by atoms with Gasteiger partial charge in [-0.05, 0) is 41.5 Å². The summed E-state index contributed by atoms with van der Waals surface area (Å²) >= 11 is 0. The van der Waals surface area contributed by atoms with Gasteiger partial charge in [-0.15, -0.1) is 13.2 Å². The number of hydrogen-bond acceptors (Lipinski definition) is 6. The number of benzene rings is 2. The predicted molar refractivity (Wildman–Crippen MR) is 126 cm³/mol. The van der Waals surface area contributed by atoms with Gasteiger partial charge >= 0.3 is 6.36 Å². The fourth-order valence-corrected chi connectivity index (χ4v) is 3.89. The molecule has 36 heavy (non-hydrogen) atoms. The third-order valence-corrected chi connectivity index (χ3v) is 5.73. The Hall–Kier alpha value is -3.81. The van der Waals surface area contributed by atoms with Crippen LogP contribution in [0.15, 0.2) is 65.6 Å². The Morgan fingerprint density at radius 2 is 1.64 bits per heavy atom. The van der Waals surface area contributed by atoms with E-state index in [4.69, 9.17) is 9.47 Å². The molecular weight excluding hydrogens is 475 g/mol. The quantitative estimate of drug-likeness (QED) is 0.466. The maximum Gasteiger partial charge on any atom is 0.573 e. The molecule has 1 aromatic heterocycles. The third-order valence-electron chi connectivity index (χ3n) is 5.73. The highest BCUT2D eigenvalue weighted by Crippen LogP contribution is 2.25. The first kappa shape index (κ1) is 25.3. The minimum atomic E-state index is -4.77. The predicted octanol–water partition coefficient (Wildman–Crippen LogP) is 4.04. The number of hydrogen-bond donors (Lipinski definition) is 0. The molecule has 0 bridgehead atoms. The average molecular weight is 499 g/mol. The number of nitriles is 1. The van der Waals surface area contributed by atoms with Crippen LogP contribution in [0.3, 0.4) is 0 Å². The molecule has 1 aliphatic heterocycles. The molecule has 0 aliphatic carbocycles. The lowest BCUT2D eigenvalue weighted by Crippen LogP contribution is -2.38. The molecule has 0 spiro atoms. The van der Waals surface area contributed by atoms with Gasteiger partial charge in [-0.2, -0.15) is 5.26 Å². The molecule has 0 radical (unpaired) electrons. The second-order valence-electron chi connectivity index (χ2n) is 8.17. The minimum absolute atomic E-state index is 0.0180. The highest BCUT2D eigenvalue weighted by Gasteiger charge is 2.31. The van der Waals surface area contributed by atoms with Crippen molar-refractivity contribution in [2.75, 3.05) is 39.5 Å². The van der Waals surface area contributed by atoms with Crippen molar-refractivity contribution in [1.82, 2.24) is 9.47 Å². The fraction of sp³-hybridized carbons (Fsp3) is 0.308. The van der Waals surface area contributed by atoms with Crippen LogP contribution in [0.5, 0.6) is 11.5 Å². The topological polar surface area (TPSA) is 76.7 Å². The van der Waals surface area contributed by atoms with Crippen LogP contribution in [0.1, 0.15) is 11.1 Å². The molecule has 2 heterocycles. The highest BCUT2D eigenvalue weighted by molar-refractivity contribution is 5.70. The Labute approximate surface area is 205 Å². The van der Waals surface area contributed by atoms with Crippen molar-refractivity contribution >= 4 is 0 Å². The lowest BCUT2D eigenvalue weighted by Gasteiger charge is -2.26. The van der Waals surface area contributed by atoms with Crippen LogP contribution >= 0.6 is 0 Å². The molecule has 4 rings (SSSR count). The number of nitrogens with zero attached hydrogens (tertiary/aromatic N) is 3. The van der Waals surface area contributed by atoms with Gasteiger partial charge in [-0.3, -0.25) is 9.69 Å². The molecule has 1 saturated heterocycles. The van der Waals surface area contributed by atoms with E-state index in [-0.39, 0.29) is 17.9 Å². The summed E-state index contributed by atoms with van der Waals surface area (Å²) in [5.41, 5.74) is 1.27. The van der Waals surface area contributed by atoms with Crippen molar-refractivity contribution < 1.29 is 27.4 Å². The fourth-order valence-electron chi connectivity index (χ4n) is 3.89. The van der Waals surface area contributed by atoms with E-state index in [1.54, 1.807) is 36.5 Å². The smallest absolute Gasteiger partial charge is 0.492 e. The van der Waals surface area contributed by atoms with Crippen molar-refractivity contribution in [3.8, 4) is 28.7 Å². The Balaban J connectivity index is 1.43. The maximum atomic E-state index is 12.9. The van der Waals surface area contributed by atoms with E-state index in [2.05, 4.69) is 9.64 Å². The molecule has 0 N–H and O–H groups in total. The van der Waals surface area contributed by atoms with Crippen LogP contribution in [0.25, 0.3) is 11.1 Å². The van der Waals surface area contributed by atoms with E-state index < -0.39 is 11.9 Å². The van der Waals surface area contributed by atoms with Crippen LogP contribution < -0.4 is 15.0 Å². The van der Waals surface area contributed by atoms with Gasteiger partial charge in [0, 0.05) is 31.4 Å². The Morgan fingerprint density at radius 3 is 2.28 bits per heavy atom. The molecule has 1 fully saturated rings. The third kappa shape index (κ3) is 6.65. The van der Waals surface area contributed by atoms with Crippen molar-refractivity contribution in [1.29, 1.82) is 5.26 Å². The zero-order valence-electron chi connectivity index (χ0n) is 19.3. The van der Waals surface area contributed by atoms with Crippen molar-refractivity contribution in [3.05, 3.63) is 82.3 Å². The first-order chi connectivity index (χ1) is 17.3. The largest absolute Gasteiger partial charge is 0.573 e. The van der Waals surface area contributed by atoms with Gasteiger partial charge in [-0.1, -0.05) is 24.3 Å². The van der Waals surface area contributed by atoms with E-state index >= 15 is 0 Å². The Kier molecular flexibility index (Phi) is 7.93. The summed E-state index contributed by atoms with van der Waals surface area (Å²) in [6.45, 7) is 4.69. The summed E-state index contributed by atoms with van der Waals surface area (Å²) in [6, 6.07) is 16.1. The highest BCUT2D eigenvalue weighted by atomic mass is 19.4. The summed E-state index contributed by atoms with van der Waals surface area (Å²) in [4.78, 5) is 15.2. The van der Waals surface area contributed by atoms with Crippen LogP contribution in [0, 0.1) is 11.3 Å². The molecular formula is C26H24F3N3O4. The molecule has 0 unspecified atom stereocenters. The lowest BCUT2D eigenvalue weighted by molar-refractivity contribution is -0.274. The van der Waals surface area contributed by atoms with Crippen molar-refractivity contribution in [3.63, 3.8) is 0 Å². The SMILES string of the molecule is N#Cc1c(-c2ccc(OCCN3CCOCC3)cc2)ccn(Cc2ccc(OC(F)(F)F)cc2)c1=O. The molecule has 2 aromatic carbocycles. The molecule has 7 nitrogen and oxygen atoms in total. The van der Waals surface area contributed by atoms with Gasteiger partial charge in [-0.25, -0.2) is 0 Å². The molecule has 0 saturated carbocycles. The molecule has 1 aliphatic rings. The van der Waals surface area contributed by atoms with Crippen molar-refractivity contribution in [2.45, 2.75) is 12.9 Å². The summed E-state index contributed by atoms with van der Waals surface area (Å²) in [7, 11) is 0. The van der Waals surface area contributed by atoms with Gasteiger partial charge in [0.2, 0.25) is 0 Å². The van der Waals surface area contributed by atoms with Gasteiger partial charge < -0.3 is 18.8 Å². The molecule has 3 aromatic rings. The Morgan fingerprint density at radius 1 is 0.972 bits per heavy atom. The first-order valence-electron chi connectivity index (χ1n) is 11.3. The number of ether oxygens (including phenoxy) is 3. The van der Waals surface area contributed by atoms with Crippen LogP contribution in [0.4, 0.5) is 13.2 Å². The number of morpholine rings is 1. The number of aromatic nitrogens is 1. The Bertz CT molecular complexity index is 1260. The van der Waals surface area contributed by atoms with E-state index in [0.717, 1.165) is 32.8 Å². The number of alkyl halides is 3. The monoisotopic (exact) mass is 499 g/mol. The first-order valence-corrected chi connectivity index (χ1v) is 11.3. The van der Waals surface area contributed by atoms with Crippen LogP contribution in [-0.4, -0.2) is 55.3 Å². The zero-order chi connectivity index (χ0) is 25.5. The van der Waals surface area contributed by atoms with E-state index in [1.807, 2.05) is 6.07 Å². The molecule has 0 atom stereocenters. The summed E-state index contributed by atoms with van der Waals surface area (Å²) in [5.74, 6) is 0.344. The molecule has 188 valence electrons. The van der Waals surface area contributed by atoms with Crippen LogP contribution in [0.2, 0.25) is 0 Å². The van der Waals surface area contributed by atoms with Crippen LogP contribution in [-0.2, 0) is 11.3 Å². The lowest BCUT2D eigenvalue weighted by atomic mass is 10.0. The number of rotatable bonds is 8. The van der Waals surface area contributed by atoms with Gasteiger partial charge in [0.15, 0.2) is 0 Å². The standard InChI is InChI=1S/C26H24F3N3O4/c27-26(28,29)36-22-5-1-19(2-6-22)18-32-10-9-23(24(17-30)25(32)33)20-3-7-21(8-4-20)35-16-13-31-11-14-34-15-12-31/h1-10H,11-16,18H2. The summed E-state index contributed by atoms with van der Waals surface area (Å²) in [5, 5.41) is 9.67. The van der Waals surface area contributed by atoms with Crippen molar-refractivity contribution in [2.24, 2.45) is 0 Å².